The molecule has 1 nitrogen and oxygen atoms in total. The van der Waals surface area contributed by atoms with E-state index in [0.717, 1.165) is 17.1 Å². The van der Waals surface area contributed by atoms with Gasteiger partial charge >= 0.3 is 0 Å². The Hall–Kier alpha value is -2.03. The average molecular weight is 362 g/mol. The molecule has 25 heavy (non-hydrogen) atoms. The number of aliphatic imine (C=N–C) groups is 1. The molecule has 2 aliphatic rings. The second-order valence-electron chi connectivity index (χ2n) is 6.53. The van der Waals surface area contributed by atoms with Crippen LogP contribution >= 0.6 is 23.4 Å². The molecule has 0 amide bonds. The standard InChI is InChI=1S/C22H16ClNS/c23-16-8-5-7-15(12-16)22-18-13-14-6-1-2-9-17(14)21(18)24-19-10-3-4-11-20(19)25-22/h1-12,18,22H,13H2/t18-,22+/m0/s1. The minimum absolute atomic E-state index is 0.313. The van der Waals surface area contributed by atoms with Crippen molar-refractivity contribution < 1.29 is 0 Å². The molecule has 0 saturated heterocycles. The highest BCUT2D eigenvalue weighted by atomic mass is 35.5. The minimum atomic E-state index is 0.313. The zero-order chi connectivity index (χ0) is 16.8. The Balaban J connectivity index is 1.71. The van der Waals surface area contributed by atoms with E-state index in [1.54, 1.807) is 0 Å². The van der Waals surface area contributed by atoms with Gasteiger partial charge < -0.3 is 0 Å². The number of benzene rings is 3. The number of hydrogen-bond donors (Lipinski definition) is 0. The molecule has 3 aromatic carbocycles. The lowest BCUT2D eigenvalue weighted by molar-refractivity contribution is 0.694. The largest absolute Gasteiger partial charge is 0.251 e. The maximum atomic E-state index is 6.30. The molecule has 0 radical (unpaired) electrons. The smallest absolute Gasteiger partial charge is 0.0769 e. The molecule has 1 aliphatic heterocycles. The van der Waals surface area contributed by atoms with Gasteiger partial charge in [-0.25, -0.2) is 0 Å². The lowest BCUT2D eigenvalue weighted by atomic mass is 9.94. The van der Waals surface area contributed by atoms with Crippen LogP contribution in [0.25, 0.3) is 0 Å². The van der Waals surface area contributed by atoms with Crippen molar-refractivity contribution in [2.45, 2.75) is 16.6 Å². The Morgan fingerprint density at radius 3 is 2.68 bits per heavy atom. The maximum Gasteiger partial charge on any atom is 0.0769 e. The molecule has 5 rings (SSSR count). The Morgan fingerprint density at radius 1 is 0.920 bits per heavy atom. The summed E-state index contributed by atoms with van der Waals surface area (Å²) in [6.07, 6.45) is 1.03. The predicted molar refractivity (Wildman–Crippen MR) is 106 cm³/mol. The summed E-state index contributed by atoms with van der Waals surface area (Å²) in [7, 11) is 0. The van der Waals surface area contributed by atoms with Crippen LogP contribution in [0.3, 0.4) is 0 Å². The first-order valence-electron chi connectivity index (χ1n) is 8.47. The van der Waals surface area contributed by atoms with E-state index in [1.807, 2.05) is 23.9 Å². The molecule has 0 aromatic heterocycles. The van der Waals surface area contributed by atoms with Gasteiger partial charge in [-0.3, -0.25) is 4.99 Å². The van der Waals surface area contributed by atoms with E-state index < -0.39 is 0 Å². The van der Waals surface area contributed by atoms with Gasteiger partial charge in [-0.1, -0.05) is 60.1 Å². The van der Waals surface area contributed by atoms with Crippen molar-refractivity contribution in [2.24, 2.45) is 10.9 Å². The van der Waals surface area contributed by atoms with E-state index in [1.165, 1.54) is 27.3 Å². The van der Waals surface area contributed by atoms with Gasteiger partial charge in [0.2, 0.25) is 0 Å². The lowest BCUT2D eigenvalue weighted by Crippen LogP contribution is -2.16. The molecule has 2 atom stereocenters. The van der Waals surface area contributed by atoms with Crippen LogP contribution in [0.4, 0.5) is 5.69 Å². The first kappa shape index (κ1) is 15.2. The molecule has 1 aliphatic carbocycles. The van der Waals surface area contributed by atoms with Crippen LogP contribution in [0.5, 0.6) is 0 Å². The molecule has 0 saturated carbocycles. The Labute approximate surface area is 156 Å². The van der Waals surface area contributed by atoms with Crippen molar-refractivity contribution in [3.05, 3.63) is 94.5 Å². The SMILES string of the molecule is Clc1cccc([C@H]2Sc3ccccc3N=C3c4ccccc4C[C@@H]32)c1. The van der Waals surface area contributed by atoms with Crippen LogP contribution in [0.15, 0.2) is 82.7 Å². The van der Waals surface area contributed by atoms with Gasteiger partial charge in [0.1, 0.15) is 0 Å². The van der Waals surface area contributed by atoms with E-state index >= 15 is 0 Å². The van der Waals surface area contributed by atoms with Crippen LogP contribution < -0.4 is 0 Å². The second kappa shape index (κ2) is 6.05. The summed E-state index contributed by atoms with van der Waals surface area (Å²) in [5, 5.41) is 1.11. The summed E-state index contributed by atoms with van der Waals surface area (Å²) in [6.45, 7) is 0. The van der Waals surface area contributed by atoms with Crippen LogP contribution in [-0.2, 0) is 6.42 Å². The third kappa shape index (κ3) is 2.61. The number of para-hydroxylation sites is 1. The van der Waals surface area contributed by atoms with E-state index in [-0.39, 0.29) is 0 Å². The van der Waals surface area contributed by atoms with Crippen molar-refractivity contribution in [2.75, 3.05) is 0 Å². The van der Waals surface area contributed by atoms with Gasteiger partial charge in [0.05, 0.1) is 11.4 Å². The summed E-state index contributed by atoms with van der Waals surface area (Å²) in [5.41, 5.74) is 6.28. The molecular weight excluding hydrogens is 346 g/mol. The van der Waals surface area contributed by atoms with Crippen molar-refractivity contribution in [3.8, 4) is 0 Å². The van der Waals surface area contributed by atoms with Crippen LogP contribution in [0, 0.1) is 5.92 Å². The third-order valence-electron chi connectivity index (χ3n) is 4.99. The molecular formula is C22H16ClNS. The molecule has 0 fully saturated rings. The lowest BCUT2D eigenvalue weighted by Gasteiger charge is -2.22. The summed E-state index contributed by atoms with van der Waals surface area (Å²) < 4.78 is 0. The average Bonchev–Trinajstić information content (AvgIpc) is 2.90. The number of nitrogens with zero attached hydrogens (tertiary/aromatic N) is 1. The third-order valence-corrected chi connectivity index (χ3v) is 6.68. The van der Waals surface area contributed by atoms with Gasteiger partial charge in [0, 0.05) is 21.1 Å². The maximum absolute atomic E-state index is 6.30. The molecule has 0 N–H and O–H groups in total. The van der Waals surface area contributed by atoms with E-state index in [0.29, 0.717) is 11.2 Å². The summed E-state index contributed by atoms with van der Waals surface area (Å²) >= 11 is 8.21. The fourth-order valence-corrected chi connectivity index (χ4v) is 5.39. The molecule has 0 spiro atoms. The molecule has 0 unspecified atom stereocenters. The zero-order valence-corrected chi connectivity index (χ0v) is 15.1. The van der Waals surface area contributed by atoms with Crippen LogP contribution in [0.2, 0.25) is 5.02 Å². The highest BCUT2D eigenvalue weighted by molar-refractivity contribution is 7.99. The number of fused-ring (bicyclic) bond motifs is 4. The van der Waals surface area contributed by atoms with Crippen molar-refractivity contribution in [1.29, 1.82) is 0 Å². The molecule has 3 aromatic rings. The Kier molecular flexibility index (Phi) is 3.69. The normalized spacial score (nSPS) is 20.9. The topological polar surface area (TPSA) is 12.4 Å². The molecule has 1 heterocycles. The summed E-state index contributed by atoms with van der Waals surface area (Å²) in [4.78, 5) is 6.35. The highest BCUT2D eigenvalue weighted by Crippen LogP contribution is 2.51. The van der Waals surface area contributed by atoms with Crippen molar-refractivity contribution >= 4 is 34.8 Å². The molecule has 3 heteroatoms. The number of halogens is 1. The monoisotopic (exact) mass is 361 g/mol. The zero-order valence-electron chi connectivity index (χ0n) is 13.5. The fraction of sp³-hybridized carbons (Fsp3) is 0.136. The molecule has 122 valence electrons. The van der Waals surface area contributed by atoms with Gasteiger partial charge in [0.25, 0.3) is 0 Å². The Bertz CT molecular complexity index is 995. The van der Waals surface area contributed by atoms with Gasteiger partial charge in [-0.15, -0.1) is 11.8 Å². The summed E-state index contributed by atoms with van der Waals surface area (Å²) in [6, 6.07) is 25.4. The van der Waals surface area contributed by atoms with E-state index in [4.69, 9.17) is 16.6 Å². The second-order valence-corrected chi connectivity index (χ2v) is 8.15. The quantitative estimate of drug-likeness (QED) is 0.483. The fourth-order valence-electron chi connectivity index (χ4n) is 3.86. The number of rotatable bonds is 1. The predicted octanol–water partition coefficient (Wildman–Crippen LogP) is 6.48. The van der Waals surface area contributed by atoms with E-state index in [9.17, 15) is 0 Å². The van der Waals surface area contributed by atoms with Crippen molar-refractivity contribution in [3.63, 3.8) is 0 Å². The highest BCUT2D eigenvalue weighted by Gasteiger charge is 2.37. The first-order valence-corrected chi connectivity index (χ1v) is 9.73. The molecule has 0 bridgehead atoms. The van der Waals surface area contributed by atoms with Crippen LogP contribution in [0.1, 0.15) is 21.9 Å². The first-order chi connectivity index (χ1) is 12.3. The van der Waals surface area contributed by atoms with Gasteiger partial charge in [0.15, 0.2) is 0 Å². The van der Waals surface area contributed by atoms with Crippen molar-refractivity contribution in [1.82, 2.24) is 0 Å². The number of thioether (sulfide) groups is 1. The van der Waals surface area contributed by atoms with E-state index in [2.05, 4.69) is 60.7 Å². The minimum Gasteiger partial charge on any atom is -0.251 e. The van der Waals surface area contributed by atoms with Gasteiger partial charge in [-0.05, 0) is 47.4 Å². The van der Waals surface area contributed by atoms with Gasteiger partial charge in [-0.2, -0.15) is 0 Å². The summed E-state index contributed by atoms with van der Waals surface area (Å²) in [5.74, 6) is 0.369. The number of hydrogen-bond acceptors (Lipinski definition) is 2. The Morgan fingerprint density at radius 2 is 1.76 bits per heavy atom. The van der Waals surface area contributed by atoms with Crippen LogP contribution in [-0.4, -0.2) is 5.71 Å².